The minimum atomic E-state index is 0.152. The molecule has 0 aliphatic heterocycles. The van der Waals surface area contributed by atoms with Crippen LogP contribution >= 0.6 is 0 Å². The molecule has 13 heavy (non-hydrogen) atoms. The van der Waals surface area contributed by atoms with Crippen molar-refractivity contribution < 1.29 is 4.79 Å². The summed E-state index contributed by atoms with van der Waals surface area (Å²) in [6, 6.07) is 0. The van der Waals surface area contributed by atoms with Crippen LogP contribution in [0, 0.1) is 0 Å². The van der Waals surface area contributed by atoms with Crippen molar-refractivity contribution in [3.05, 3.63) is 12.2 Å². The number of nitrogens with one attached hydrogen (secondary N) is 1. The maximum absolute atomic E-state index is 11.2. The Labute approximate surface area is 81.4 Å². The van der Waals surface area contributed by atoms with Gasteiger partial charge in [-0.2, -0.15) is 0 Å². The predicted molar refractivity (Wildman–Crippen MR) is 56.6 cm³/mol. The van der Waals surface area contributed by atoms with E-state index in [1.807, 2.05) is 6.92 Å². The molecule has 0 radical (unpaired) electrons. The van der Waals surface area contributed by atoms with Crippen LogP contribution in [0.25, 0.3) is 0 Å². The number of hydrogen-bond acceptors (Lipinski definition) is 1. The lowest BCUT2D eigenvalue weighted by molar-refractivity contribution is -0.121. The highest BCUT2D eigenvalue weighted by Crippen LogP contribution is 1.99. The largest absolute Gasteiger partial charge is 0.356 e. The van der Waals surface area contributed by atoms with Gasteiger partial charge in [0.15, 0.2) is 0 Å². The number of carbonyl (C=O) groups excluding carboxylic acids is 1. The Kier molecular flexibility index (Phi) is 7.36. The summed E-state index contributed by atoms with van der Waals surface area (Å²) in [5.41, 5.74) is 1.07. The van der Waals surface area contributed by atoms with Gasteiger partial charge in [-0.3, -0.25) is 4.79 Å². The maximum Gasteiger partial charge on any atom is 0.220 e. The average Bonchev–Trinajstić information content (AvgIpc) is 2.09. The summed E-state index contributed by atoms with van der Waals surface area (Å²) in [6.45, 7) is 8.68. The van der Waals surface area contributed by atoms with Gasteiger partial charge in [-0.25, -0.2) is 0 Å². The average molecular weight is 183 g/mol. The number of amides is 1. The summed E-state index contributed by atoms with van der Waals surface area (Å²) in [4.78, 5) is 11.2. The van der Waals surface area contributed by atoms with Crippen molar-refractivity contribution >= 4 is 5.91 Å². The maximum atomic E-state index is 11.2. The Bertz CT molecular complexity index is 163. The second-order valence-corrected chi connectivity index (χ2v) is 3.51. The molecule has 0 aliphatic carbocycles. The van der Waals surface area contributed by atoms with Crippen molar-refractivity contribution in [3.63, 3.8) is 0 Å². The van der Waals surface area contributed by atoms with Crippen LogP contribution in [-0.2, 0) is 4.79 Å². The minimum Gasteiger partial charge on any atom is -0.356 e. The highest BCUT2D eigenvalue weighted by molar-refractivity contribution is 5.76. The Hall–Kier alpha value is -0.790. The third-order valence-electron chi connectivity index (χ3n) is 1.88. The molecule has 0 spiro atoms. The summed E-state index contributed by atoms with van der Waals surface area (Å²) in [5, 5.41) is 2.89. The fraction of sp³-hybridized carbons (Fsp3) is 0.727. The molecule has 1 amide bonds. The first-order valence-electron chi connectivity index (χ1n) is 5.08. The lowest BCUT2D eigenvalue weighted by Gasteiger charge is -2.03. The first kappa shape index (κ1) is 12.2. The second-order valence-electron chi connectivity index (χ2n) is 3.51. The van der Waals surface area contributed by atoms with Crippen molar-refractivity contribution in [3.8, 4) is 0 Å². The summed E-state index contributed by atoms with van der Waals surface area (Å²) >= 11 is 0. The Morgan fingerprint density at radius 1 is 1.31 bits per heavy atom. The van der Waals surface area contributed by atoms with Crippen LogP contribution in [0.3, 0.4) is 0 Å². The molecule has 0 aliphatic rings. The van der Waals surface area contributed by atoms with E-state index in [4.69, 9.17) is 0 Å². The van der Waals surface area contributed by atoms with E-state index in [0.717, 1.165) is 25.0 Å². The van der Waals surface area contributed by atoms with E-state index in [2.05, 4.69) is 18.8 Å². The van der Waals surface area contributed by atoms with E-state index in [1.54, 1.807) is 0 Å². The van der Waals surface area contributed by atoms with E-state index in [-0.39, 0.29) is 5.91 Å². The van der Waals surface area contributed by atoms with Crippen molar-refractivity contribution in [2.24, 2.45) is 0 Å². The van der Waals surface area contributed by atoms with Gasteiger partial charge in [0.2, 0.25) is 5.91 Å². The molecule has 1 N–H and O–H groups in total. The van der Waals surface area contributed by atoms with Gasteiger partial charge in [-0.1, -0.05) is 25.3 Å². The van der Waals surface area contributed by atoms with Gasteiger partial charge in [0.05, 0.1) is 0 Å². The number of allylic oxidation sites excluding steroid dienone is 1. The topological polar surface area (TPSA) is 29.1 Å². The number of rotatable bonds is 7. The number of carbonyl (C=O) groups is 1. The molecule has 2 heteroatoms. The number of unbranched alkanes of at least 4 members (excludes halogenated alkanes) is 2. The summed E-state index contributed by atoms with van der Waals surface area (Å²) in [7, 11) is 0. The van der Waals surface area contributed by atoms with Crippen molar-refractivity contribution in [1.29, 1.82) is 0 Å². The van der Waals surface area contributed by atoms with Gasteiger partial charge in [0, 0.05) is 13.0 Å². The van der Waals surface area contributed by atoms with Crippen molar-refractivity contribution in [1.82, 2.24) is 5.32 Å². The molecule has 0 heterocycles. The normalized spacial score (nSPS) is 9.69. The zero-order valence-electron chi connectivity index (χ0n) is 8.86. The highest BCUT2D eigenvalue weighted by atomic mass is 16.1. The monoisotopic (exact) mass is 183 g/mol. The molecule has 0 bridgehead atoms. The van der Waals surface area contributed by atoms with Gasteiger partial charge in [0.25, 0.3) is 0 Å². The quantitative estimate of drug-likeness (QED) is 0.477. The Morgan fingerprint density at radius 3 is 2.54 bits per heavy atom. The third-order valence-corrected chi connectivity index (χ3v) is 1.88. The van der Waals surface area contributed by atoms with E-state index in [9.17, 15) is 4.79 Å². The second kappa shape index (κ2) is 7.84. The molecule has 0 rings (SSSR count). The van der Waals surface area contributed by atoms with E-state index < -0.39 is 0 Å². The standard InChI is InChI=1S/C11H21NO/c1-4-5-6-9-12-11(13)8-7-10(2)3/h2,4-9H2,1,3H3,(H,12,13). The molecular weight excluding hydrogens is 162 g/mol. The van der Waals surface area contributed by atoms with Crippen LogP contribution in [0.2, 0.25) is 0 Å². The molecule has 0 saturated heterocycles. The molecule has 0 aromatic carbocycles. The van der Waals surface area contributed by atoms with Crippen LogP contribution in [0.15, 0.2) is 12.2 Å². The molecule has 0 aromatic rings. The van der Waals surface area contributed by atoms with Gasteiger partial charge in [0.1, 0.15) is 0 Å². The molecule has 0 unspecified atom stereocenters. The zero-order chi connectivity index (χ0) is 10.1. The van der Waals surface area contributed by atoms with E-state index in [1.165, 1.54) is 12.8 Å². The molecule has 76 valence electrons. The van der Waals surface area contributed by atoms with Gasteiger partial charge in [-0.15, -0.1) is 6.58 Å². The van der Waals surface area contributed by atoms with Gasteiger partial charge < -0.3 is 5.32 Å². The molecule has 0 saturated carbocycles. The summed E-state index contributed by atoms with van der Waals surface area (Å²) in [6.07, 6.45) is 4.87. The fourth-order valence-electron chi connectivity index (χ4n) is 1.02. The highest BCUT2D eigenvalue weighted by Gasteiger charge is 1.99. The predicted octanol–water partition coefficient (Wildman–Crippen LogP) is 2.65. The van der Waals surface area contributed by atoms with Crippen molar-refractivity contribution in [2.45, 2.75) is 46.0 Å². The Balaban J connectivity index is 3.25. The summed E-state index contributed by atoms with van der Waals surface area (Å²) < 4.78 is 0. The van der Waals surface area contributed by atoms with Crippen molar-refractivity contribution in [2.75, 3.05) is 6.54 Å². The van der Waals surface area contributed by atoms with E-state index in [0.29, 0.717) is 6.42 Å². The van der Waals surface area contributed by atoms with Crippen LogP contribution < -0.4 is 5.32 Å². The SMILES string of the molecule is C=C(C)CCC(=O)NCCCCC. The van der Waals surface area contributed by atoms with Crippen LogP contribution in [0.4, 0.5) is 0 Å². The van der Waals surface area contributed by atoms with E-state index >= 15 is 0 Å². The van der Waals surface area contributed by atoms with Gasteiger partial charge in [-0.05, 0) is 19.8 Å². The lowest BCUT2D eigenvalue weighted by Crippen LogP contribution is -2.23. The van der Waals surface area contributed by atoms with Gasteiger partial charge >= 0.3 is 0 Å². The molecular formula is C11H21NO. The molecule has 0 atom stereocenters. The Morgan fingerprint density at radius 2 is 2.00 bits per heavy atom. The zero-order valence-corrected chi connectivity index (χ0v) is 8.86. The first-order valence-corrected chi connectivity index (χ1v) is 5.08. The van der Waals surface area contributed by atoms with Crippen LogP contribution in [-0.4, -0.2) is 12.5 Å². The van der Waals surface area contributed by atoms with Crippen LogP contribution in [0.1, 0.15) is 46.0 Å². The fourth-order valence-corrected chi connectivity index (χ4v) is 1.02. The number of hydrogen-bond donors (Lipinski definition) is 1. The molecule has 0 aromatic heterocycles. The lowest BCUT2D eigenvalue weighted by atomic mass is 10.2. The third kappa shape index (κ3) is 9.12. The molecule has 0 fully saturated rings. The van der Waals surface area contributed by atoms with Crippen LogP contribution in [0.5, 0.6) is 0 Å². The summed E-state index contributed by atoms with van der Waals surface area (Å²) in [5.74, 6) is 0.152. The first-order chi connectivity index (χ1) is 6.16. The molecule has 2 nitrogen and oxygen atoms in total. The smallest absolute Gasteiger partial charge is 0.220 e. The minimum absolute atomic E-state index is 0.152.